The van der Waals surface area contributed by atoms with Crippen molar-refractivity contribution in [2.75, 3.05) is 0 Å². The first kappa shape index (κ1) is 9.45. The zero-order valence-electron chi connectivity index (χ0n) is 8.04. The molecule has 0 amide bonds. The molecule has 0 atom stereocenters. The summed E-state index contributed by atoms with van der Waals surface area (Å²) >= 11 is 0. The number of rotatable bonds is 3. The summed E-state index contributed by atoms with van der Waals surface area (Å²) in [7, 11) is 0. The molecule has 0 fully saturated rings. The predicted molar refractivity (Wildman–Crippen MR) is 55.6 cm³/mol. The smallest absolute Gasteiger partial charge is 0.181 e. The molecule has 0 saturated carbocycles. The van der Waals surface area contributed by atoms with E-state index in [0.717, 1.165) is 5.75 Å². The lowest BCUT2D eigenvalue weighted by Gasteiger charge is -2.07. The van der Waals surface area contributed by atoms with E-state index in [1.807, 2.05) is 0 Å². The fraction of sp³-hybridized carbons (Fsp3) is 0.0909. The van der Waals surface area contributed by atoms with Gasteiger partial charge in [0.05, 0.1) is 0 Å². The topological polar surface area (TPSA) is 44.1 Å². The lowest BCUT2D eigenvalue weighted by molar-refractivity contribution is 0.235. The summed E-state index contributed by atoms with van der Waals surface area (Å²) in [6, 6.07) is 6.55. The van der Waals surface area contributed by atoms with Crippen molar-refractivity contribution in [3.8, 4) is 5.75 Å². The van der Waals surface area contributed by atoms with Crippen LogP contribution in [0.4, 0.5) is 0 Å². The highest BCUT2D eigenvalue weighted by Gasteiger charge is 1.92. The fourth-order valence-electron chi connectivity index (χ4n) is 1.11. The molecule has 0 radical (unpaired) electrons. The van der Waals surface area contributed by atoms with Crippen LogP contribution in [-0.2, 0) is 6.73 Å². The number of pyridine rings is 2. The first-order valence-electron chi connectivity index (χ1n) is 4.53. The van der Waals surface area contributed by atoms with E-state index in [2.05, 4.69) is 4.98 Å². The second kappa shape index (κ2) is 4.41. The Balaban J connectivity index is 1.99. The number of ether oxygens (including phenoxy) is 1. The van der Waals surface area contributed by atoms with Crippen LogP contribution in [0.1, 0.15) is 0 Å². The molecule has 2 aromatic rings. The van der Waals surface area contributed by atoms with E-state index in [1.54, 1.807) is 41.5 Å². The summed E-state index contributed by atoms with van der Waals surface area (Å²) < 4.78 is 7.23. The van der Waals surface area contributed by atoms with Crippen molar-refractivity contribution in [1.29, 1.82) is 0 Å². The van der Waals surface area contributed by atoms with Gasteiger partial charge in [-0.05, 0) is 12.1 Å². The minimum Gasteiger partial charge on any atom is -0.473 e. The Bertz CT molecular complexity index is 459. The summed E-state index contributed by atoms with van der Waals surface area (Å²) in [5.41, 5.74) is -0.00448. The molecule has 0 spiro atoms. The molecule has 0 aromatic carbocycles. The van der Waals surface area contributed by atoms with E-state index in [1.165, 1.54) is 12.1 Å². The maximum Gasteiger partial charge on any atom is 0.181 e. The van der Waals surface area contributed by atoms with E-state index in [4.69, 9.17) is 4.74 Å². The standard InChI is InChI=1S/C11H10N2O2/c14-10-3-7-13(8-4-10)9-15-11-1-5-12-6-2-11/h1-8H,9H2. The Morgan fingerprint density at radius 3 is 2.47 bits per heavy atom. The fourth-order valence-corrected chi connectivity index (χ4v) is 1.11. The molecule has 15 heavy (non-hydrogen) atoms. The third kappa shape index (κ3) is 2.67. The van der Waals surface area contributed by atoms with Crippen LogP contribution >= 0.6 is 0 Å². The van der Waals surface area contributed by atoms with Crippen molar-refractivity contribution >= 4 is 0 Å². The summed E-state index contributed by atoms with van der Waals surface area (Å²) in [6.07, 6.45) is 6.70. The zero-order chi connectivity index (χ0) is 10.5. The van der Waals surface area contributed by atoms with Gasteiger partial charge >= 0.3 is 0 Å². The lowest BCUT2D eigenvalue weighted by Crippen LogP contribution is -2.08. The van der Waals surface area contributed by atoms with Crippen LogP contribution in [0.3, 0.4) is 0 Å². The van der Waals surface area contributed by atoms with E-state index in [9.17, 15) is 4.79 Å². The average Bonchev–Trinajstić information content (AvgIpc) is 2.30. The van der Waals surface area contributed by atoms with Crippen molar-refractivity contribution in [3.63, 3.8) is 0 Å². The molecule has 2 heterocycles. The molecule has 0 saturated heterocycles. The monoisotopic (exact) mass is 202 g/mol. The van der Waals surface area contributed by atoms with Gasteiger partial charge in [-0.25, -0.2) is 0 Å². The molecule has 0 aliphatic carbocycles. The first-order chi connectivity index (χ1) is 7.34. The van der Waals surface area contributed by atoms with Crippen LogP contribution in [0.15, 0.2) is 53.8 Å². The summed E-state index contributed by atoms with van der Waals surface area (Å²) in [4.78, 5) is 14.7. The van der Waals surface area contributed by atoms with Gasteiger partial charge in [-0.2, -0.15) is 0 Å². The predicted octanol–water partition coefficient (Wildman–Crippen LogP) is 1.28. The molecule has 76 valence electrons. The lowest BCUT2D eigenvalue weighted by atomic mass is 10.4. The number of hydrogen-bond donors (Lipinski definition) is 0. The van der Waals surface area contributed by atoms with Gasteiger partial charge in [0, 0.05) is 36.9 Å². The Kier molecular flexibility index (Phi) is 2.78. The minimum absolute atomic E-state index is 0.00448. The van der Waals surface area contributed by atoms with E-state index in [-0.39, 0.29) is 5.43 Å². The van der Waals surface area contributed by atoms with Crippen LogP contribution in [0.2, 0.25) is 0 Å². The van der Waals surface area contributed by atoms with Crippen LogP contribution in [-0.4, -0.2) is 9.55 Å². The van der Waals surface area contributed by atoms with Gasteiger partial charge in [-0.15, -0.1) is 0 Å². The van der Waals surface area contributed by atoms with E-state index < -0.39 is 0 Å². The molecule has 2 rings (SSSR count). The van der Waals surface area contributed by atoms with Gasteiger partial charge < -0.3 is 9.30 Å². The van der Waals surface area contributed by atoms with Gasteiger partial charge in [0.15, 0.2) is 12.2 Å². The largest absolute Gasteiger partial charge is 0.473 e. The van der Waals surface area contributed by atoms with Gasteiger partial charge in [0.2, 0.25) is 0 Å². The Morgan fingerprint density at radius 2 is 1.80 bits per heavy atom. The van der Waals surface area contributed by atoms with E-state index in [0.29, 0.717) is 6.73 Å². The van der Waals surface area contributed by atoms with Crippen molar-refractivity contribution in [3.05, 3.63) is 59.3 Å². The number of nitrogens with zero attached hydrogens (tertiary/aromatic N) is 2. The third-order valence-electron chi connectivity index (χ3n) is 1.89. The van der Waals surface area contributed by atoms with Crippen LogP contribution in [0.5, 0.6) is 5.75 Å². The highest BCUT2D eigenvalue weighted by molar-refractivity contribution is 5.16. The van der Waals surface area contributed by atoms with Crippen LogP contribution in [0, 0.1) is 0 Å². The molecule has 4 nitrogen and oxygen atoms in total. The molecular weight excluding hydrogens is 192 g/mol. The van der Waals surface area contributed by atoms with Gasteiger partial charge in [0.1, 0.15) is 5.75 Å². The Hall–Kier alpha value is -2.10. The molecule has 0 unspecified atom stereocenters. The van der Waals surface area contributed by atoms with Crippen molar-refractivity contribution in [2.24, 2.45) is 0 Å². The molecule has 2 aromatic heterocycles. The highest BCUT2D eigenvalue weighted by Crippen LogP contribution is 2.06. The maximum atomic E-state index is 10.8. The SMILES string of the molecule is O=c1ccn(COc2ccncc2)cc1. The Labute approximate surface area is 86.8 Å². The Morgan fingerprint density at radius 1 is 1.13 bits per heavy atom. The molecule has 0 aliphatic rings. The number of hydrogen-bond acceptors (Lipinski definition) is 3. The second-order valence-electron chi connectivity index (χ2n) is 3.00. The first-order valence-corrected chi connectivity index (χ1v) is 4.53. The van der Waals surface area contributed by atoms with Gasteiger partial charge in [-0.3, -0.25) is 9.78 Å². The average molecular weight is 202 g/mol. The van der Waals surface area contributed by atoms with Crippen molar-refractivity contribution in [1.82, 2.24) is 9.55 Å². The van der Waals surface area contributed by atoms with E-state index >= 15 is 0 Å². The molecular formula is C11H10N2O2. The normalized spacial score (nSPS) is 9.87. The van der Waals surface area contributed by atoms with Crippen molar-refractivity contribution in [2.45, 2.75) is 6.73 Å². The second-order valence-corrected chi connectivity index (χ2v) is 3.00. The molecule has 0 N–H and O–H groups in total. The summed E-state index contributed by atoms with van der Waals surface area (Å²) in [5, 5.41) is 0. The highest BCUT2D eigenvalue weighted by atomic mass is 16.5. The number of aromatic nitrogens is 2. The maximum absolute atomic E-state index is 10.8. The molecule has 4 heteroatoms. The minimum atomic E-state index is -0.00448. The van der Waals surface area contributed by atoms with Gasteiger partial charge in [-0.1, -0.05) is 0 Å². The van der Waals surface area contributed by atoms with Crippen molar-refractivity contribution < 1.29 is 4.74 Å². The third-order valence-corrected chi connectivity index (χ3v) is 1.89. The van der Waals surface area contributed by atoms with Gasteiger partial charge in [0.25, 0.3) is 0 Å². The zero-order valence-corrected chi connectivity index (χ0v) is 8.04. The summed E-state index contributed by atoms with van der Waals surface area (Å²) in [5.74, 6) is 0.753. The molecule has 0 aliphatic heterocycles. The molecule has 0 bridgehead atoms. The van der Waals surface area contributed by atoms with Crippen LogP contribution < -0.4 is 10.2 Å². The van der Waals surface area contributed by atoms with Crippen LogP contribution in [0.25, 0.3) is 0 Å². The quantitative estimate of drug-likeness (QED) is 0.753. The summed E-state index contributed by atoms with van der Waals surface area (Å²) in [6.45, 7) is 0.379.